The van der Waals surface area contributed by atoms with E-state index in [1.807, 2.05) is 24.3 Å². The van der Waals surface area contributed by atoms with Crippen molar-refractivity contribution in [3.63, 3.8) is 0 Å². The van der Waals surface area contributed by atoms with E-state index in [9.17, 15) is 8.42 Å². The van der Waals surface area contributed by atoms with E-state index < -0.39 is 10.0 Å². The van der Waals surface area contributed by atoms with Crippen LogP contribution in [0.25, 0.3) is 11.3 Å². The molecular formula is C19H22N5O2S2+. The maximum Gasteiger partial charge on any atom is 0.271 e. The lowest BCUT2D eigenvalue weighted by atomic mass is 10.1. The first kappa shape index (κ1) is 18.9. The molecule has 4 rings (SSSR count). The van der Waals surface area contributed by atoms with Gasteiger partial charge < -0.3 is 9.80 Å². The number of hydrogen-bond donors (Lipinski definition) is 2. The normalized spacial score (nSPS) is 15.5. The third kappa shape index (κ3) is 4.16. The molecule has 1 fully saturated rings. The quantitative estimate of drug-likeness (QED) is 0.656. The summed E-state index contributed by atoms with van der Waals surface area (Å²) in [5, 5.41) is 10.5. The van der Waals surface area contributed by atoms with Crippen LogP contribution in [0, 0.1) is 0 Å². The lowest BCUT2D eigenvalue weighted by Gasteiger charge is -2.30. The summed E-state index contributed by atoms with van der Waals surface area (Å²) in [5.41, 5.74) is 2.17. The van der Waals surface area contributed by atoms with E-state index in [0.29, 0.717) is 9.90 Å². The summed E-state index contributed by atoms with van der Waals surface area (Å²) in [6.45, 7) is 4.18. The second-order valence-corrected chi connectivity index (χ2v) is 9.69. The van der Waals surface area contributed by atoms with E-state index in [1.165, 1.54) is 16.2 Å². The Kier molecular flexibility index (Phi) is 5.29. The van der Waals surface area contributed by atoms with Gasteiger partial charge in [0.15, 0.2) is 5.82 Å². The molecule has 9 heteroatoms. The molecule has 0 radical (unpaired) electrons. The third-order valence-electron chi connectivity index (χ3n) is 4.78. The number of hydrogen-bond acceptors (Lipinski definition) is 6. The molecule has 2 aromatic heterocycles. The van der Waals surface area contributed by atoms with Gasteiger partial charge in [-0.1, -0.05) is 18.2 Å². The van der Waals surface area contributed by atoms with E-state index in [-0.39, 0.29) is 0 Å². The minimum absolute atomic E-state index is 0.295. The van der Waals surface area contributed by atoms with Crippen LogP contribution in [-0.4, -0.2) is 51.8 Å². The average molecular weight is 417 g/mol. The third-order valence-corrected chi connectivity index (χ3v) is 7.56. The number of piperazine rings is 1. The fourth-order valence-corrected chi connectivity index (χ4v) is 5.15. The van der Waals surface area contributed by atoms with Gasteiger partial charge in [-0.15, -0.1) is 21.5 Å². The van der Waals surface area contributed by atoms with Gasteiger partial charge in [-0.2, -0.15) is 0 Å². The highest BCUT2D eigenvalue weighted by molar-refractivity contribution is 7.94. The molecule has 0 aliphatic carbocycles. The van der Waals surface area contributed by atoms with Crippen LogP contribution in [0.15, 0.2) is 58.1 Å². The Morgan fingerprint density at radius 2 is 1.79 bits per heavy atom. The fourth-order valence-electron chi connectivity index (χ4n) is 3.10. The van der Waals surface area contributed by atoms with Crippen molar-refractivity contribution in [2.24, 2.45) is 0 Å². The Hall–Kier alpha value is -2.49. The van der Waals surface area contributed by atoms with Gasteiger partial charge in [0.25, 0.3) is 10.0 Å². The first-order valence-corrected chi connectivity index (χ1v) is 11.4. The molecule has 2 N–H and O–H groups in total. The van der Waals surface area contributed by atoms with Crippen LogP contribution >= 0.6 is 11.3 Å². The second kappa shape index (κ2) is 7.86. The summed E-state index contributed by atoms with van der Waals surface area (Å²) in [5.74, 6) is 0.900. The molecule has 1 aromatic carbocycles. The van der Waals surface area contributed by atoms with Gasteiger partial charge in [0, 0.05) is 11.3 Å². The van der Waals surface area contributed by atoms with Gasteiger partial charge in [-0.05, 0) is 35.7 Å². The molecule has 146 valence electrons. The number of quaternary nitrogens is 1. The maximum absolute atomic E-state index is 12.3. The van der Waals surface area contributed by atoms with E-state index >= 15 is 0 Å². The molecular weight excluding hydrogens is 394 g/mol. The Bertz CT molecular complexity index is 1010. The first-order valence-electron chi connectivity index (χ1n) is 9.08. The maximum atomic E-state index is 12.3. The standard InChI is InChI=1S/C19H21N5O2S2/c1-23-10-12-24(13-11-23)18-9-8-17(20-21-18)15-4-6-16(7-5-15)22-28(25,26)19-3-2-14-27-19/h2-9,14,22H,10-13H2,1H3/p+1. The molecule has 1 aliphatic heterocycles. The van der Waals surface area contributed by atoms with E-state index in [1.54, 1.807) is 29.6 Å². The van der Waals surface area contributed by atoms with Crippen molar-refractivity contribution in [1.29, 1.82) is 0 Å². The number of nitrogens with one attached hydrogen (secondary N) is 2. The Morgan fingerprint density at radius 3 is 2.39 bits per heavy atom. The molecule has 0 saturated carbocycles. The molecule has 0 bridgehead atoms. The number of benzene rings is 1. The topological polar surface area (TPSA) is 79.6 Å². The highest BCUT2D eigenvalue weighted by atomic mass is 32.2. The van der Waals surface area contributed by atoms with Crippen LogP contribution in [0.4, 0.5) is 11.5 Å². The lowest BCUT2D eigenvalue weighted by Crippen LogP contribution is -3.12. The minimum atomic E-state index is -3.54. The van der Waals surface area contributed by atoms with Crippen LogP contribution < -0.4 is 14.5 Å². The van der Waals surface area contributed by atoms with Crippen molar-refractivity contribution in [3.8, 4) is 11.3 Å². The zero-order chi connectivity index (χ0) is 19.6. The van der Waals surface area contributed by atoms with Crippen LogP contribution in [0.3, 0.4) is 0 Å². The number of thiophene rings is 1. The monoisotopic (exact) mass is 416 g/mol. The molecule has 0 atom stereocenters. The zero-order valence-corrected chi connectivity index (χ0v) is 17.1. The van der Waals surface area contributed by atoms with Crippen molar-refractivity contribution < 1.29 is 13.3 Å². The van der Waals surface area contributed by atoms with Crippen LogP contribution in [0.2, 0.25) is 0 Å². The molecule has 28 heavy (non-hydrogen) atoms. The Balaban J connectivity index is 1.45. The predicted molar refractivity (Wildman–Crippen MR) is 111 cm³/mol. The van der Waals surface area contributed by atoms with Gasteiger partial charge in [0.1, 0.15) is 4.21 Å². The van der Waals surface area contributed by atoms with Crippen LogP contribution in [-0.2, 0) is 10.0 Å². The highest BCUT2D eigenvalue weighted by Gasteiger charge is 2.18. The largest absolute Gasteiger partial charge is 0.344 e. The second-order valence-electron chi connectivity index (χ2n) is 6.84. The predicted octanol–water partition coefficient (Wildman–Crippen LogP) is 1.34. The molecule has 0 amide bonds. The Morgan fingerprint density at radius 1 is 1.04 bits per heavy atom. The van der Waals surface area contributed by atoms with Crippen LogP contribution in [0.1, 0.15) is 0 Å². The molecule has 0 spiro atoms. The van der Waals surface area contributed by atoms with Crippen molar-refractivity contribution in [1.82, 2.24) is 10.2 Å². The number of nitrogens with zero attached hydrogens (tertiary/aromatic N) is 3. The highest BCUT2D eigenvalue weighted by Crippen LogP contribution is 2.23. The van der Waals surface area contributed by atoms with Crippen LogP contribution in [0.5, 0.6) is 0 Å². The summed E-state index contributed by atoms with van der Waals surface area (Å²) in [6.07, 6.45) is 0. The molecule has 3 heterocycles. The summed E-state index contributed by atoms with van der Waals surface area (Å²) in [7, 11) is -1.33. The molecule has 1 saturated heterocycles. The van der Waals surface area contributed by atoms with Crippen molar-refractivity contribution >= 4 is 32.9 Å². The van der Waals surface area contributed by atoms with Crippen molar-refractivity contribution in [2.75, 3.05) is 42.8 Å². The van der Waals surface area contributed by atoms with Gasteiger partial charge >= 0.3 is 0 Å². The minimum Gasteiger partial charge on any atom is -0.344 e. The van der Waals surface area contributed by atoms with E-state index in [2.05, 4.69) is 26.9 Å². The van der Waals surface area contributed by atoms with Gasteiger partial charge in [0.2, 0.25) is 0 Å². The van der Waals surface area contributed by atoms with Gasteiger partial charge in [0.05, 0.1) is 38.9 Å². The molecule has 7 nitrogen and oxygen atoms in total. The first-order chi connectivity index (χ1) is 13.5. The molecule has 3 aromatic rings. The average Bonchev–Trinajstić information content (AvgIpc) is 3.25. The van der Waals surface area contributed by atoms with E-state index in [4.69, 9.17) is 0 Å². The number of sulfonamides is 1. The molecule has 0 unspecified atom stereocenters. The smallest absolute Gasteiger partial charge is 0.271 e. The summed E-state index contributed by atoms with van der Waals surface area (Å²) >= 11 is 1.19. The number of rotatable bonds is 5. The summed E-state index contributed by atoms with van der Waals surface area (Å²) < 4.78 is 27.5. The number of likely N-dealkylation sites (N-methyl/N-ethyl adjacent to an activating group) is 1. The van der Waals surface area contributed by atoms with Crippen molar-refractivity contribution in [3.05, 3.63) is 53.9 Å². The van der Waals surface area contributed by atoms with E-state index in [0.717, 1.165) is 43.3 Å². The zero-order valence-electron chi connectivity index (χ0n) is 15.5. The number of anilines is 2. The number of aromatic nitrogens is 2. The summed E-state index contributed by atoms with van der Waals surface area (Å²) in [4.78, 5) is 3.79. The van der Waals surface area contributed by atoms with Gasteiger partial charge in [-0.25, -0.2) is 8.42 Å². The van der Waals surface area contributed by atoms with Gasteiger partial charge in [-0.3, -0.25) is 4.72 Å². The van der Waals surface area contributed by atoms with Crippen molar-refractivity contribution in [2.45, 2.75) is 4.21 Å². The Labute approximate surface area is 168 Å². The lowest BCUT2D eigenvalue weighted by molar-refractivity contribution is -0.880. The molecule has 1 aliphatic rings. The summed E-state index contributed by atoms with van der Waals surface area (Å²) in [6, 6.07) is 14.4. The fraction of sp³-hybridized carbons (Fsp3) is 0.263. The SMILES string of the molecule is C[NH+]1CCN(c2ccc(-c3ccc(NS(=O)(=O)c4cccs4)cc3)nn2)CC1.